The summed E-state index contributed by atoms with van der Waals surface area (Å²) < 4.78 is 5.79. The molecule has 0 saturated carbocycles. The summed E-state index contributed by atoms with van der Waals surface area (Å²) in [7, 11) is 0. The van der Waals surface area contributed by atoms with Crippen molar-refractivity contribution in [2.24, 2.45) is 4.99 Å². The number of nitrogens with zero attached hydrogens (tertiary/aromatic N) is 1. The van der Waals surface area contributed by atoms with Crippen LogP contribution in [0.4, 0.5) is 0 Å². The van der Waals surface area contributed by atoms with Crippen LogP contribution < -0.4 is 5.32 Å². The zero-order valence-corrected chi connectivity index (χ0v) is 12.0. The van der Waals surface area contributed by atoms with Crippen LogP contribution >= 0.6 is 0 Å². The molecular formula is C18H16N2O2. The first-order valence-corrected chi connectivity index (χ1v) is 7.41. The average molecular weight is 292 g/mol. The number of ether oxygens (including phenoxy) is 1. The lowest BCUT2D eigenvalue weighted by Gasteiger charge is -2.23. The van der Waals surface area contributed by atoms with Gasteiger partial charge in [0.2, 0.25) is 5.90 Å². The van der Waals surface area contributed by atoms with E-state index < -0.39 is 5.54 Å². The second-order valence-corrected chi connectivity index (χ2v) is 5.67. The van der Waals surface area contributed by atoms with Crippen LogP contribution in [0.15, 0.2) is 65.7 Å². The molecule has 0 aliphatic carbocycles. The van der Waals surface area contributed by atoms with Gasteiger partial charge in [-0.15, -0.1) is 0 Å². The highest BCUT2D eigenvalue weighted by molar-refractivity contribution is 6.01. The molecule has 110 valence electrons. The predicted molar refractivity (Wildman–Crippen MR) is 83.9 cm³/mol. The minimum absolute atomic E-state index is 0.00223. The van der Waals surface area contributed by atoms with E-state index in [0.717, 1.165) is 11.1 Å². The van der Waals surface area contributed by atoms with Gasteiger partial charge in [-0.1, -0.05) is 48.5 Å². The third kappa shape index (κ3) is 1.91. The number of carbonyl (C=O) groups excluding carboxylic acids is 1. The van der Waals surface area contributed by atoms with E-state index in [4.69, 9.17) is 9.73 Å². The highest BCUT2D eigenvalue weighted by Gasteiger charge is 2.55. The minimum atomic E-state index is -0.841. The molecule has 0 bridgehead atoms. The number of hydrogen-bond donors (Lipinski definition) is 1. The Kier molecular flexibility index (Phi) is 2.96. The molecule has 2 heterocycles. The molecule has 1 N–H and O–H groups in total. The lowest BCUT2D eigenvalue weighted by molar-refractivity contribution is -0.124. The van der Waals surface area contributed by atoms with Crippen molar-refractivity contribution in [1.29, 1.82) is 0 Å². The highest BCUT2D eigenvalue weighted by atomic mass is 16.5. The van der Waals surface area contributed by atoms with Gasteiger partial charge in [-0.3, -0.25) is 4.79 Å². The van der Waals surface area contributed by atoms with E-state index in [0.29, 0.717) is 19.0 Å². The SMILES string of the molecule is O=C1NC[C@@H](c2ccccc2)[C@@]12COC(c1ccccc1)=N2. The quantitative estimate of drug-likeness (QED) is 0.921. The molecule has 0 unspecified atom stereocenters. The number of carbonyl (C=O) groups is 1. The van der Waals surface area contributed by atoms with Gasteiger partial charge in [-0.25, -0.2) is 4.99 Å². The van der Waals surface area contributed by atoms with Gasteiger partial charge < -0.3 is 10.1 Å². The fourth-order valence-electron chi connectivity index (χ4n) is 3.20. The molecule has 4 rings (SSSR count). The summed E-state index contributed by atoms with van der Waals surface area (Å²) in [5.74, 6) is 0.508. The average Bonchev–Trinajstić information content (AvgIpc) is 3.16. The largest absolute Gasteiger partial charge is 0.474 e. The normalized spacial score (nSPS) is 26.6. The van der Waals surface area contributed by atoms with Crippen molar-refractivity contribution in [3.05, 3.63) is 71.8 Å². The van der Waals surface area contributed by atoms with Crippen molar-refractivity contribution < 1.29 is 9.53 Å². The van der Waals surface area contributed by atoms with E-state index in [9.17, 15) is 4.79 Å². The van der Waals surface area contributed by atoms with Gasteiger partial charge in [0.25, 0.3) is 5.91 Å². The topological polar surface area (TPSA) is 50.7 Å². The molecule has 2 aliphatic rings. The first-order chi connectivity index (χ1) is 10.8. The first-order valence-electron chi connectivity index (χ1n) is 7.41. The van der Waals surface area contributed by atoms with E-state index in [1.807, 2.05) is 60.7 Å². The van der Waals surface area contributed by atoms with Crippen LogP contribution in [0.5, 0.6) is 0 Å². The zero-order chi connectivity index (χ0) is 15.0. The number of rotatable bonds is 2. The fourth-order valence-corrected chi connectivity index (χ4v) is 3.20. The van der Waals surface area contributed by atoms with E-state index in [1.165, 1.54) is 0 Å². The van der Waals surface area contributed by atoms with E-state index in [-0.39, 0.29) is 11.8 Å². The zero-order valence-electron chi connectivity index (χ0n) is 12.0. The third-order valence-electron chi connectivity index (χ3n) is 4.39. The van der Waals surface area contributed by atoms with Gasteiger partial charge in [-0.2, -0.15) is 0 Å². The molecule has 2 atom stereocenters. The Balaban J connectivity index is 1.76. The maximum atomic E-state index is 12.5. The van der Waals surface area contributed by atoms with Crippen LogP contribution in [0.1, 0.15) is 17.0 Å². The van der Waals surface area contributed by atoms with Gasteiger partial charge in [0, 0.05) is 18.0 Å². The molecule has 2 aromatic carbocycles. The maximum Gasteiger partial charge on any atom is 0.252 e. The smallest absolute Gasteiger partial charge is 0.252 e. The lowest BCUT2D eigenvalue weighted by Crippen LogP contribution is -2.41. The van der Waals surface area contributed by atoms with Gasteiger partial charge in [0.1, 0.15) is 6.61 Å². The number of hydrogen-bond acceptors (Lipinski definition) is 3. The van der Waals surface area contributed by atoms with Crippen molar-refractivity contribution in [3.63, 3.8) is 0 Å². The van der Waals surface area contributed by atoms with Crippen LogP contribution in [0.2, 0.25) is 0 Å². The summed E-state index contributed by atoms with van der Waals surface area (Å²) in [6, 6.07) is 19.8. The second-order valence-electron chi connectivity index (χ2n) is 5.67. The van der Waals surface area contributed by atoms with Crippen molar-refractivity contribution in [1.82, 2.24) is 5.32 Å². The van der Waals surface area contributed by atoms with Crippen LogP contribution in [0.25, 0.3) is 0 Å². The summed E-state index contributed by atoms with van der Waals surface area (Å²) >= 11 is 0. The van der Waals surface area contributed by atoms with Crippen molar-refractivity contribution in [2.45, 2.75) is 11.5 Å². The molecule has 1 fully saturated rings. The number of aliphatic imine (C=N–C) groups is 1. The molecule has 2 aliphatic heterocycles. The Labute approximate surface area is 128 Å². The van der Waals surface area contributed by atoms with E-state index in [2.05, 4.69) is 5.32 Å². The van der Waals surface area contributed by atoms with Crippen LogP contribution in [0, 0.1) is 0 Å². The highest BCUT2D eigenvalue weighted by Crippen LogP contribution is 2.39. The monoisotopic (exact) mass is 292 g/mol. The minimum Gasteiger partial charge on any atom is -0.474 e. The van der Waals surface area contributed by atoms with Crippen molar-refractivity contribution in [3.8, 4) is 0 Å². The van der Waals surface area contributed by atoms with Gasteiger partial charge in [0.05, 0.1) is 0 Å². The molecule has 1 spiro atoms. The molecule has 0 aromatic heterocycles. The predicted octanol–water partition coefficient (Wildman–Crippen LogP) is 2.12. The number of amides is 1. The Bertz CT molecular complexity index is 727. The van der Waals surface area contributed by atoms with Crippen molar-refractivity contribution in [2.75, 3.05) is 13.2 Å². The summed E-state index contributed by atoms with van der Waals surface area (Å²) in [4.78, 5) is 17.2. The number of nitrogens with one attached hydrogen (secondary N) is 1. The summed E-state index contributed by atoms with van der Waals surface area (Å²) in [5.41, 5.74) is 1.18. The molecular weight excluding hydrogens is 276 g/mol. The molecule has 22 heavy (non-hydrogen) atoms. The Hall–Kier alpha value is -2.62. The standard InChI is InChI=1S/C18H16N2O2/c21-17-18(15(11-19-17)13-7-3-1-4-8-13)12-22-16(20-18)14-9-5-2-6-10-14/h1-10,15H,11-12H2,(H,19,21)/t15-,18-/m0/s1. The molecule has 1 saturated heterocycles. The van der Waals surface area contributed by atoms with Gasteiger partial charge in [-0.05, 0) is 17.7 Å². The van der Waals surface area contributed by atoms with Crippen molar-refractivity contribution >= 4 is 11.8 Å². The Morgan fingerprint density at radius 1 is 1.05 bits per heavy atom. The molecule has 2 aromatic rings. The fraction of sp³-hybridized carbons (Fsp3) is 0.222. The van der Waals surface area contributed by atoms with E-state index in [1.54, 1.807) is 0 Å². The van der Waals surface area contributed by atoms with Gasteiger partial charge >= 0.3 is 0 Å². The van der Waals surface area contributed by atoms with Crippen LogP contribution in [0.3, 0.4) is 0 Å². The Morgan fingerprint density at radius 3 is 2.45 bits per heavy atom. The van der Waals surface area contributed by atoms with Crippen LogP contribution in [-0.4, -0.2) is 30.5 Å². The molecule has 4 nitrogen and oxygen atoms in total. The summed E-state index contributed by atoms with van der Waals surface area (Å²) in [6.07, 6.45) is 0. The molecule has 0 radical (unpaired) electrons. The second kappa shape index (κ2) is 4.98. The first kappa shape index (κ1) is 13.1. The maximum absolute atomic E-state index is 12.5. The molecule has 1 amide bonds. The summed E-state index contributed by atoms with van der Waals surface area (Å²) in [5, 5.41) is 2.95. The number of benzene rings is 2. The Morgan fingerprint density at radius 2 is 1.73 bits per heavy atom. The summed E-state index contributed by atoms with van der Waals surface area (Å²) in [6.45, 7) is 0.889. The lowest BCUT2D eigenvalue weighted by atomic mass is 9.83. The van der Waals surface area contributed by atoms with Gasteiger partial charge in [0.15, 0.2) is 5.54 Å². The molecule has 4 heteroatoms. The van der Waals surface area contributed by atoms with Crippen LogP contribution in [-0.2, 0) is 9.53 Å². The third-order valence-corrected chi connectivity index (χ3v) is 4.39. The van der Waals surface area contributed by atoms with E-state index >= 15 is 0 Å².